The molecule has 1 amide bonds. The lowest BCUT2D eigenvalue weighted by Crippen LogP contribution is -2.39. The fourth-order valence-electron chi connectivity index (χ4n) is 1.71. The standard InChI is InChI=1S/C10H18N2O/c1-2-4-9(11)7-8-5-3-6-12-10(8)13/h2,4,8-9H,3,5-7,11H2,1H3,(H,12,13)/b4-2+/t8-,9+/m0/s1. The fourth-order valence-corrected chi connectivity index (χ4v) is 1.71. The molecule has 1 aliphatic rings. The topological polar surface area (TPSA) is 55.1 Å². The third-order valence-corrected chi connectivity index (χ3v) is 2.40. The van der Waals surface area contributed by atoms with Crippen molar-refractivity contribution in [2.75, 3.05) is 6.54 Å². The van der Waals surface area contributed by atoms with Gasteiger partial charge in [-0.1, -0.05) is 12.2 Å². The Hall–Kier alpha value is -0.830. The van der Waals surface area contributed by atoms with Gasteiger partial charge in [0.25, 0.3) is 0 Å². The average molecular weight is 182 g/mol. The summed E-state index contributed by atoms with van der Waals surface area (Å²) in [6.45, 7) is 2.77. The maximum atomic E-state index is 11.3. The second-order valence-corrected chi connectivity index (χ2v) is 3.56. The maximum Gasteiger partial charge on any atom is 0.223 e. The molecule has 0 aromatic rings. The molecule has 0 aromatic heterocycles. The number of piperidine rings is 1. The Labute approximate surface area is 79.4 Å². The van der Waals surface area contributed by atoms with Crippen molar-refractivity contribution >= 4 is 5.91 Å². The van der Waals surface area contributed by atoms with Gasteiger partial charge in [-0.3, -0.25) is 4.79 Å². The molecule has 13 heavy (non-hydrogen) atoms. The molecular weight excluding hydrogens is 164 g/mol. The van der Waals surface area contributed by atoms with Gasteiger partial charge < -0.3 is 11.1 Å². The molecule has 0 radical (unpaired) electrons. The van der Waals surface area contributed by atoms with Gasteiger partial charge >= 0.3 is 0 Å². The summed E-state index contributed by atoms with van der Waals surface area (Å²) in [5.74, 6) is 0.297. The Balaban J connectivity index is 2.37. The summed E-state index contributed by atoms with van der Waals surface area (Å²) in [6.07, 6.45) is 6.72. The first-order chi connectivity index (χ1) is 6.24. The van der Waals surface area contributed by atoms with Crippen molar-refractivity contribution in [2.24, 2.45) is 11.7 Å². The summed E-state index contributed by atoms with van der Waals surface area (Å²) in [7, 11) is 0. The summed E-state index contributed by atoms with van der Waals surface area (Å²) >= 11 is 0. The minimum atomic E-state index is 0.0267. The molecule has 2 atom stereocenters. The molecule has 3 N–H and O–H groups in total. The Morgan fingerprint density at radius 1 is 1.77 bits per heavy atom. The number of allylic oxidation sites excluding steroid dienone is 1. The molecule has 0 bridgehead atoms. The van der Waals surface area contributed by atoms with E-state index in [4.69, 9.17) is 5.73 Å². The zero-order chi connectivity index (χ0) is 9.68. The lowest BCUT2D eigenvalue weighted by Gasteiger charge is -2.23. The molecule has 0 saturated carbocycles. The summed E-state index contributed by atoms with van der Waals surface area (Å²) in [5, 5.41) is 2.86. The number of rotatable bonds is 3. The van der Waals surface area contributed by atoms with Crippen LogP contribution in [0.3, 0.4) is 0 Å². The largest absolute Gasteiger partial charge is 0.356 e. The molecule has 1 heterocycles. The monoisotopic (exact) mass is 182 g/mol. The van der Waals surface area contributed by atoms with Gasteiger partial charge in [-0.2, -0.15) is 0 Å². The second-order valence-electron chi connectivity index (χ2n) is 3.56. The van der Waals surface area contributed by atoms with E-state index >= 15 is 0 Å². The minimum Gasteiger partial charge on any atom is -0.356 e. The molecular formula is C10H18N2O. The van der Waals surface area contributed by atoms with E-state index in [2.05, 4.69) is 5.32 Å². The van der Waals surface area contributed by atoms with Crippen LogP contribution in [0.1, 0.15) is 26.2 Å². The van der Waals surface area contributed by atoms with Gasteiger partial charge in [-0.25, -0.2) is 0 Å². The molecule has 0 aromatic carbocycles. The van der Waals surface area contributed by atoms with Crippen LogP contribution in [-0.2, 0) is 4.79 Å². The lowest BCUT2D eigenvalue weighted by molar-refractivity contribution is -0.126. The molecule has 1 rings (SSSR count). The van der Waals surface area contributed by atoms with Crippen molar-refractivity contribution in [2.45, 2.75) is 32.2 Å². The van der Waals surface area contributed by atoms with Gasteiger partial charge in [-0.15, -0.1) is 0 Å². The van der Waals surface area contributed by atoms with E-state index in [0.29, 0.717) is 0 Å². The van der Waals surface area contributed by atoms with E-state index in [0.717, 1.165) is 25.8 Å². The van der Waals surface area contributed by atoms with E-state index in [9.17, 15) is 4.79 Å². The Morgan fingerprint density at radius 2 is 2.54 bits per heavy atom. The Morgan fingerprint density at radius 3 is 3.15 bits per heavy atom. The molecule has 1 saturated heterocycles. The lowest BCUT2D eigenvalue weighted by atomic mass is 9.92. The predicted octanol–water partition coefficient (Wildman–Crippen LogP) is 0.806. The van der Waals surface area contributed by atoms with Crippen LogP contribution in [0.5, 0.6) is 0 Å². The maximum absolute atomic E-state index is 11.3. The Kier molecular flexibility index (Phi) is 3.96. The number of nitrogens with one attached hydrogen (secondary N) is 1. The normalized spacial score (nSPS) is 26.0. The first-order valence-corrected chi connectivity index (χ1v) is 4.90. The second kappa shape index (κ2) is 5.02. The minimum absolute atomic E-state index is 0.0267. The third-order valence-electron chi connectivity index (χ3n) is 2.40. The van der Waals surface area contributed by atoms with Crippen LogP contribution >= 0.6 is 0 Å². The zero-order valence-corrected chi connectivity index (χ0v) is 8.12. The van der Waals surface area contributed by atoms with Gasteiger partial charge in [0.05, 0.1) is 0 Å². The van der Waals surface area contributed by atoms with Gasteiger partial charge in [-0.05, 0) is 26.2 Å². The van der Waals surface area contributed by atoms with Crippen LogP contribution in [0.15, 0.2) is 12.2 Å². The van der Waals surface area contributed by atoms with Crippen molar-refractivity contribution in [3.05, 3.63) is 12.2 Å². The number of nitrogens with two attached hydrogens (primary N) is 1. The van der Waals surface area contributed by atoms with E-state index < -0.39 is 0 Å². The van der Waals surface area contributed by atoms with E-state index in [-0.39, 0.29) is 17.9 Å². The van der Waals surface area contributed by atoms with Crippen LogP contribution in [0.25, 0.3) is 0 Å². The van der Waals surface area contributed by atoms with E-state index in [1.165, 1.54) is 0 Å². The highest BCUT2D eigenvalue weighted by atomic mass is 16.1. The van der Waals surface area contributed by atoms with Crippen molar-refractivity contribution in [1.29, 1.82) is 0 Å². The van der Waals surface area contributed by atoms with E-state index in [1.54, 1.807) is 0 Å². The molecule has 0 unspecified atom stereocenters. The summed E-state index contributed by atoms with van der Waals surface area (Å²) in [5.41, 5.74) is 5.81. The fraction of sp³-hybridized carbons (Fsp3) is 0.700. The Bertz CT molecular complexity index is 201. The van der Waals surface area contributed by atoms with Gasteiger partial charge in [0, 0.05) is 18.5 Å². The summed E-state index contributed by atoms with van der Waals surface area (Å²) < 4.78 is 0. The van der Waals surface area contributed by atoms with Crippen LogP contribution in [0, 0.1) is 5.92 Å². The third kappa shape index (κ3) is 3.19. The number of carbonyl (C=O) groups is 1. The highest BCUT2D eigenvalue weighted by molar-refractivity contribution is 5.79. The zero-order valence-electron chi connectivity index (χ0n) is 8.12. The van der Waals surface area contributed by atoms with Crippen LogP contribution in [0.2, 0.25) is 0 Å². The molecule has 1 aliphatic heterocycles. The van der Waals surface area contributed by atoms with Crippen LogP contribution in [0.4, 0.5) is 0 Å². The highest BCUT2D eigenvalue weighted by Crippen LogP contribution is 2.16. The summed E-state index contributed by atoms with van der Waals surface area (Å²) in [4.78, 5) is 11.3. The first kappa shape index (κ1) is 10.3. The first-order valence-electron chi connectivity index (χ1n) is 4.90. The molecule has 0 aliphatic carbocycles. The van der Waals surface area contributed by atoms with Crippen molar-refractivity contribution in [3.8, 4) is 0 Å². The van der Waals surface area contributed by atoms with Gasteiger partial charge in [0.15, 0.2) is 0 Å². The number of amides is 1. The quantitative estimate of drug-likeness (QED) is 0.634. The molecule has 74 valence electrons. The summed E-state index contributed by atoms with van der Waals surface area (Å²) in [6, 6.07) is 0.0267. The molecule has 1 fully saturated rings. The smallest absolute Gasteiger partial charge is 0.223 e. The number of hydrogen-bond acceptors (Lipinski definition) is 2. The van der Waals surface area contributed by atoms with Gasteiger partial charge in [0.1, 0.15) is 0 Å². The number of hydrogen-bond donors (Lipinski definition) is 2. The van der Waals surface area contributed by atoms with Crippen molar-refractivity contribution in [1.82, 2.24) is 5.32 Å². The predicted molar refractivity (Wildman–Crippen MR) is 53.1 cm³/mol. The molecule has 3 heteroatoms. The molecule has 0 spiro atoms. The van der Waals surface area contributed by atoms with E-state index in [1.807, 2.05) is 19.1 Å². The highest BCUT2D eigenvalue weighted by Gasteiger charge is 2.22. The average Bonchev–Trinajstić information content (AvgIpc) is 2.09. The van der Waals surface area contributed by atoms with Gasteiger partial charge in [0.2, 0.25) is 5.91 Å². The van der Waals surface area contributed by atoms with Crippen LogP contribution in [-0.4, -0.2) is 18.5 Å². The number of carbonyl (C=O) groups excluding carboxylic acids is 1. The van der Waals surface area contributed by atoms with Crippen molar-refractivity contribution in [3.63, 3.8) is 0 Å². The van der Waals surface area contributed by atoms with Crippen molar-refractivity contribution < 1.29 is 4.79 Å². The SMILES string of the molecule is C/C=C/[C@@H](N)C[C@@H]1CCCNC1=O. The molecule has 3 nitrogen and oxygen atoms in total. The van der Waals surface area contributed by atoms with Crippen LogP contribution < -0.4 is 11.1 Å².